The average molecular weight is 321 g/mol. The molecule has 2 heterocycles. The quantitative estimate of drug-likeness (QED) is 0.930. The van der Waals surface area contributed by atoms with Crippen LogP contribution in [0.4, 0.5) is 0 Å². The third kappa shape index (κ3) is 3.91. The Kier molecular flexibility index (Phi) is 5.86. The Hall–Kier alpha value is -0.160. The molecule has 1 aromatic rings. The van der Waals surface area contributed by atoms with Gasteiger partial charge in [0.2, 0.25) is 0 Å². The van der Waals surface area contributed by atoms with Crippen LogP contribution in [0.5, 0.6) is 0 Å². The summed E-state index contributed by atoms with van der Waals surface area (Å²) in [4.78, 5) is 6.87. The number of pyridine rings is 1. The van der Waals surface area contributed by atoms with Gasteiger partial charge in [-0.15, -0.1) is 12.4 Å². The van der Waals surface area contributed by atoms with Crippen LogP contribution >= 0.6 is 28.3 Å². The van der Waals surface area contributed by atoms with E-state index in [-0.39, 0.29) is 12.4 Å². The molecule has 1 saturated heterocycles. The predicted molar refractivity (Wildman–Crippen MR) is 76.2 cm³/mol. The fourth-order valence-corrected chi connectivity index (χ4v) is 2.55. The molecule has 1 aliphatic rings. The van der Waals surface area contributed by atoms with Gasteiger partial charge in [-0.25, -0.2) is 0 Å². The van der Waals surface area contributed by atoms with Gasteiger partial charge in [0.05, 0.1) is 5.69 Å². The Labute approximate surface area is 117 Å². The molecule has 17 heavy (non-hydrogen) atoms. The minimum absolute atomic E-state index is 0. The van der Waals surface area contributed by atoms with Crippen LogP contribution in [0, 0.1) is 5.92 Å². The van der Waals surface area contributed by atoms with Gasteiger partial charge in [0.1, 0.15) is 0 Å². The highest BCUT2D eigenvalue weighted by atomic mass is 79.9. The van der Waals surface area contributed by atoms with Crippen LogP contribution in [0.3, 0.4) is 0 Å². The van der Waals surface area contributed by atoms with Crippen molar-refractivity contribution in [1.29, 1.82) is 0 Å². The average Bonchev–Trinajstić information content (AvgIpc) is 2.63. The number of rotatable bonds is 3. The highest BCUT2D eigenvalue weighted by Gasteiger charge is 2.27. The third-order valence-corrected chi connectivity index (χ3v) is 3.75. The van der Waals surface area contributed by atoms with Gasteiger partial charge in [0.15, 0.2) is 0 Å². The zero-order chi connectivity index (χ0) is 11.5. The second kappa shape index (κ2) is 6.69. The monoisotopic (exact) mass is 319 g/mol. The smallest absolute Gasteiger partial charge is 0.0544 e. The van der Waals surface area contributed by atoms with E-state index in [1.54, 1.807) is 0 Å². The van der Waals surface area contributed by atoms with Gasteiger partial charge in [0, 0.05) is 29.8 Å². The number of nitrogens with zero attached hydrogens (tertiary/aromatic N) is 2. The van der Waals surface area contributed by atoms with E-state index >= 15 is 0 Å². The summed E-state index contributed by atoms with van der Waals surface area (Å²) in [6.45, 7) is 5.11. The number of likely N-dealkylation sites (tertiary alicyclic amines) is 1. The normalized spacial score (nSPS) is 24.6. The van der Waals surface area contributed by atoms with Crippen molar-refractivity contribution in [3.63, 3.8) is 0 Å². The van der Waals surface area contributed by atoms with E-state index in [1.165, 1.54) is 6.42 Å². The zero-order valence-corrected chi connectivity index (χ0v) is 12.4. The van der Waals surface area contributed by atoms with Gasteiger partial charge in [-0.1, -0.05) is 0 Å². The van der Waals surface area contributed by atoms with Crippen LogP contribution in [0.25, 0.3) is 0 Å². The minimum atomic E-state index is 0. The number of nitrogens with two attached hydrogens (primary N) is 1. The summed E-state index contributed by atoms with van der Waals surface area (Å²) < 4.78 is 1.03. The highest BCUT2D eigenvalue weighted by molar-refractivity contribution is 9.10. The summed E-state index contributed by atoms with van der Waals surface area (Å²) in [6.07, 6.45) is 3.07. The van der Waals surface area contributed by atoms with Crippen molar-refractivity contribution >= 4 is 28.3 Å². The Morgan fingerprint density at radius 3 is 2.82 bits per heavy atom. The third-order valence-electron chi connectivity index (χ3n) is 3.28. The first kappa shape index (κ1) is 14.9. The first-order valence-electron chi connectivity index (χ1n) is 5.73. The Bertz CT molecular complexity index is 344. The molecule has 2 unspecified atom stereocenters. The first-order chi connectivity index (χ1) is 7.69. The van der Waals surface area contributed by atoms with Crippen LogP contribution in [0.1, 0.15) is 19.0 Å². The van der Waals surface area contributed by atoms with Crippen molar-refractivity contribution in [3.05, 3.63) is 28.5 Å². The predicted octanol–water partition coefficient (Wildman–Crippen LogP) is 2.44. The van der Waals surface area contributed by atoms with Crippen molar-refractivity contribution in [2.75, 3.05) is 13.1 Å². The van der Waals surface area contributed by atoms with Crippen LogP contribution in [-0.4, -0.2) is 29.0 Å². The zero-order valence-electron chi connectivity index (χ0n) is 9.97. The second-order valence-corrected chi connectivity index (χ2v) is 5.50. The lowest BCUT2D eigenvalue weighted by Crippen LogP contribution is -2.27. The van der Waals surface area contributed by atoms with Gasteiger partial charge in [-0.3, -0.25) is 9.88 Å². The van der Waals surface area contributed by atoms with E-state index in [4.69, 9.17) is 5.73 Å². The topological polar surface area (TPSA) is 42.1 Å². The van der Waals surface area contributed by atoms with Gasteiger partial charge < -0.3 is 5.73 Å². The molecular formula is C12H19BrClN3. The number of hydrogen-bond donors (Lipinski definition) is 1. The second-order valence-electron chi connectivity index (χ2n) is 4.58. The minimum Gasteiger partial charge on any atom is -0.330 e. The summed E-state index contributed by atoms with van der Waals surface area (Å²) in [5.41, 5.74) is 6.86. The van der Waals surface area contributed by atoms with Crippen molar-refractivity contribution < 1.29 is 0 Å². The molecular weight excluding hydrogens is 302 g/mol. The molecule has 0 amide bonds. The molecule has 0 aromatic carbocycles. The lowest BCUT2D eigenvalue weighted by atomic mass is 10.1. The Morgan fingerprint density at radius 2 is 2.29 bits per heavy atom. The number of halogens is 2. The summed E-state index contributed by atoms with van der Waals surface area (Å²) >= 11 is 3.40. The summed E-state index contributed by atoms with van der Waals surface area (Å²) in [7, 11) is 0. The summed E-state index contributed by atoms with van der Waals surface area (Å²) in [5, 5.41) is 0. The molecule has 0 bridgehead atoms. The van der Waals surface area contributed by atoms with Gasteiger partial charge in [-0.2, -0.15) is 0 Å². The largest absolute Gasteiger partial charge is 0.330 e. The fourth-order valence-electron chi connectivity index (χ4n) is 2.32. The molecule has 1 aliphatic heterocycles. The summed E-state index contributed by atoms with van der Waals surface area (Å²) in [6, 6.07) is 4.75. The molecule has 3 nitrogen and oxygen atoms in total. The first-order valence-corrected chi connectivity index (χ1v) is 6.53. The molecule has 96 valence electrons. The lowest BCUT2D eigenvalue weighted by Gasteiger charge is -2.20. The maximum atomic E-state index is 5.72. The summed E-state index contributed by atoms with van der Waals surface area (Å²) in [5.74, 6) is 0.658. The molecule has 5 heteroatoms. The molecule has 0 aliphatic carbocycles. The van der Waals surface area contributed by atoms with E-state index in [0.29, 0.717) is 12.0 Å². The van der Waals surface area contributed by atoms with Crippen LogP contribution < -0.4 is 5.73 Å². The Balaban J connectivity index is 0.00000144. The van der Waals surface area contributed by atoms with E-state index in [9.17, 15) is 0 Å². The fraction of sp³-hybridized carbons (Fsp3) is 0.583. The molecule has 0 spiro atoms. The maximum Gasteiger partial charge on any atom is 0.0544 e. The molecule has 1 aromatic heterocycles. The van der Waals surface area contributed by atoms with E-state index in [1.807, 2.05) is 12.3 Å². The molecule has 0 radical (unpaired) electrons. The van der Waals surface area contributed by atoms with Crippen molar-refractivity contribution in [2.45, 2.75) is 25.9 Å². The van der Waals surface area contributed by atoms with Crippen molar-refractivity contribution in [2.24, 2.45) is 11.7 Å². The molecule has 2 N–H and O–H groups in total. The number of hydrogen-bond acceptors (Lipinski definition) is 3. The SMILES string of the molecule is CC1CC(CN)CN1Cc1ccc(Br)cn1.Cl. The molecule has 0 saturated carbocycles. The van der Waals surface area contributed by atoms with Crippen LogP contribution in [0.2, 0.25) is 0 Å². The van der Waals surface area contributed by atoms with Crippen molar-refractivity contribution in [1.82, 2.24) is 9.88 Å². The number of aromatic nitrogens is 1. The van der Waals surface area contributed by atoms with Gasteiger partial charge >= 0.3 is 0 Å². The van der Waals surface area contributed by atoms with E-state index in [0.717, 1.165) is 29.8 Å². The van der Waals surface area contributed by atoms with Gasteiger partial charge in [-0.05, 0) is 53.9 Å². The molecule has 2 atom stereocenters. The highest BCUT2D eigenvalue weighted by Crippen LogP contribution is 2.23. The molecule has 1 fully saturated rings. The standard InChI is InChI=1S/C12H18BrN3.ClH/c1-9-4-10(5-14)7-16(9)8-12-3-2-11(13)6-15-12;/h2-3,6,9-10H,4-5,7-8,14H2,1H3;1H. The maximum absolute atomic E-state index is 5.72. The van der Waals surface area contributed by atoms with Crippen LogP contribution in [0.15, 0.2) is 22.8 Å². The van der Waals surface area contributed by atoms with Crippen molar-refractivity contribution in [3.8, 4) is 0 Å². The van der Waals surface area contributed by atoms with Crippen LogP contribution in [-0.2, 0) is 6.54 Å². The molecule has 2 rings (SSSR count). The Morgan fingerprint density at radius 1 is 1.53 bits per heavy atom. The lowest BCUT2D eigenvalue weighted by molar-refractivity contribution is 0.253. The van der Waals surface area contributed by atoms with Gasteiger partial charge in [0.25, 0.3) is 0 Å². The van der Waals surface area contributed by atoms with E-state index < -0.39 is 0 Å². The van der Waals surface area contributed by atoms with E-state index in [2.05, 4.69) is 38.8 Å².